The topological polar surface area (TPSA) is 53.8 Å². The van der Waals surface area contributed by atoms with E-state index in [0.717, 1.165) is 21.9 Å². The summed E-state index contributed by atoms with van der Waals surface area (Å²) in [5, 5.41) is 14.3. The van der Waals surface area contributed by atoms with Gasteiger partial charge in [0, 0.05) is 10.6 Å². The van der Waals surface area contributed by atoms with E-state index in [1.807, 2.05) is 48.5 Å². The first-order valence-electron chi connectivity index (χ1n) is 8.50. The number of benzene rings is 3. The molecule has 3 aromatic rings. The van der Waals surface area contributed by atoms with E-state index in [0.29, 0.717) is 16.6 Å². The van der Waals surface area contributed by atoms with Gasteiger partial charge in [-0.05, 0) is 28.8 Å². The zero-order chi connectivity index (χ0) is 18.6. The number of hydrogen-bond acceptors (Lipinski definition) is 4. The van der Waals surface area contributed by atoms with E-state index in [2.05, 4.69) is 33.7 Å². The Morgan fingerprint density at radius 1 is 1.04 bits per heavy atom. The van der Waals surface area contributed by atoms with Crippen LogP contribution >= 0.6 is 23.4 Å². The van der Waals surface area contributed by atoms with Crippen LogP contribution in [0, 0.1) is 0 Å². The molecule has 1 N–H and O–H groups in total. The third-order valence-corrected chi connectivity index (χ3v) is 5.75. The van der Waals surface area contributed by atoms with Crippen LogP contribution in [0.25, 0.3) is 10.8 Å². The van der Waals surface area contributed by atoms with Crippen molar-refractivity contribution in [2.45, 2.75) is 11.7 Å². The first-order chi connectivity index (χ1) is 13.2. The number of thioether (sulfide) groups is 1. The molecule has 0 aromatic heterocycles. The van der Waals surface area contributed by atoms with Crippen molar-refractivity contribution >= 4 is 51.4 Å². The molecule has 0 spiro atoms. The highest BCUT2D eigenvalue weighted by Crippen LogP contribution is 2.26. The van der Waals surface area contributed by atoms with Crippen molar-refractivity contribution < 1.29 is 4.79 Å². The Labute approximate surface area is 166 Å². The van der Waals surface area contributed by atoms with Gasteiger partial charge in [0.25, 0.3) is 0 Å². The van der Waals surface area contributed by atoms with Crippen LogP contribution in [0.1, 0.15) is 11.1 Å². The van der Waals surface area contributed by atoms with Gasteiger partial charge in [-0.3, -0.25) is 4.79 Å². The van der Waals surface area contributed by atoms with Crippen LogP contribution in [0.15, 0.2) is 76.9 Å². The van der Waals surface area contributed by atoms with E-state index in [1.54, 1.807) is 6.21 Å². The highest BCUT2D eigenvalue weighted by molar-refractivity contribution is 8.15. The highest BCUT2D eigenvalue weighted by Gasteiger charge is 2.30. The summed E-state index contributed by atoms with van der Waals surface area (Å²) in [6.45, 7) is 0. The first-order valence-corrected chi connectivity index (χ1v) is 9.76. The van der Waals surface area contributed by atoms with Gasteiger partial charge in [0.2, 0.25) is 5.91 Å². The summed E-state index contributed by atoms with van der Waals surface area (Å²) in [6.07, 6.45) is 2.27. The van der Waals surface area contributed by atoms with Gasteiger partial charge in [-0.25, -0.2) is 0 Å². The summed E-state index contributed by atoms with van der Waals surface area (Å²) >= 11 is 7.57. The number of fused-ring (bicyclic) bond motifs is 1. The van der Waals surface area contributed by atoms with Crippen molar-refractivity contribution in [3.8, 4) is 0 Å². The molecule has 0 aliphatic carbocycles. The van der Waals surface area contributed by atoms with Gasteiger partial charge < -0.3 is 5.32 Å². The predicted octanol–water partition coefficient (Wildman–Crippen LogP) is 4.66. The number of nitrogens with zero attached hydrogens (tertiary/aromatic N) is 2. The second-order valence-electron chi connectivity index (χ2n) is 6.11. The zero-order valence-corrected chi connectivity index (χ0v) is 15.9. The van der Waals surface area contributed by atoms with E-state index >= 15 is 0 Å². The van der Waals surface area contributed by atoms with Gasteiger partial charge in [-0.15, -0.1) is 5.10 Å². The molecule has 134 valence electrons. The number of carbonyl (C=O) groups excluding carboxylic acids is 1. The molecule has 1 atom stereocenters. The van der Waals surface area contributed by atoms with Gasteiger partial charge >= 0.3 is 0 Å². The lowest BCUT2D eigenvalue weighted by atomic mass is 10.1. The number of amides is 1. The van der Waals surface area contributed by atoms with Crippen LogP contribution in [0.3, 0.4) is 0 Å². The molecule has 4 nitrogen and oxygen atoms in total. The van der Waals surface area contributed by atoms with E-state index in [9.17, 15) is 4.79 Å². The summed E-state index contributed by atoms with van der Waals surface area (Å²) in [6, 6.07) is 21.7. The first kappa shape index (κ1) is 17.8. The van der Waals surface area contributed by atoms with Crippen LogP contribution in [-0.2, 0) is 11.2 Å². The maximum Gasteiger partial charge on any atom is 0.239 e. The van der Waals surface area contributed by atoms with Crippen molar-refractivity contribution in [3.63, 3.8) is 0 Å². The Bertz CT molecular complexity index is 1060. The minimum Gasteiger partial charge on any atom is -0.303 e. The lowest BCUT2D eigenvalue weighted by Gasteiger charge is -2.06. The lowest BCUT2D eigenvalue weighted by molar-refractivity contribution is -0.118. The normalized spacial score (nSPS) is 18.5. The standard InChI is InChI=1S/C21H16ClN3OS/c22-18-11-4-2-7-15(18)12-19-20(26)24-21(27-19)25-23-13-16-9-5-8-14-6-1-3-10-17(14)16/h1-11,13,19H,12H2,(H,24,25,26)/b23-13+. The van der Waals surface area contributed by atoms with Gasteiger partial charge in [-0.1, -0.05) is 84.0 Å². The molecule has 6 heteroatoms. The van der Waals surface area contributed by atoms with E-state index in [-0.39, 0.29) is 11.2 Å². The number of amidine groups is 1. The van der Waals surface area contributed by atoms with Crippen LogP contribution in [0.5, 0.6) is 0 Å². The molecule has 0 saturated carbocycles. The Hall–Kier alpha value is -2.63. The molecule has 1 saturated heterocycles. The molecule has 0 bridgehead atoms. The summed E-state index contributed by atoms with van der Waals surface area (Å²) in [4.78, 5) is 12.2. The Morgan fingerprint density at radius 3 is 2.70 bits per heavy atom. The second-order valence-corrected chi connectivity index (χ2v) is 7.71. The zero-order valence-electron chi connectivity index (χ0n) is 14.3. The largest absolute Gasteiger partial charge is 0.303 e. The fraction of sp³-hybridized carbons (Fsp3) is 0.0952. The van der Waals surface area contributed by atoms with E-state index in [1.165, 1.54) is 11.8 Å². The summed E-state index contributed by atoms with van der Waals surface area (Å²) in [7, 11) is 0. The van der Waals surface area contributed by atoms with Crippen molar-refractivity contribution in [2.24, 2.45) is 10.2 Å². The van der Waals surface area contributed by atoms with Gasteiger partial charge in [0.15, 0.2) is 5.17 Å². The van der Waals surface area contributed by atoms with Gasteiger partial charge in [0.05, 0.1) is 11.5 Å². The smallest absolute Gasteiger partial charge is 0.239 e. The fourth-order valence-corrected chi connectivity index (χ4v) is 4.12. The molecule has 1 aliphatic rings. The second kappa shape index (κ2) is 7.94. The lowest BCUT2D eigenvalue weighted by Crippen LogP contribution is -2.26. The quantitative estimate of drug-likeness (QED) is 0.517. The Morgan fingerprint density at radius 2 is 1.81 bits per heavy atom. The van der Waals surface area contributed by atoms with E-state index < -0.39 is 0 Å². The molecule has 1 heterocycles. The minimum atomic E-state index is -0.253. The predicted molar refractivity (Wildman–Crippen MR) is 114 cm³/mol. The van der Waals surface area contributed by atoms with Crippen LogP contribution in [-0.4, -0.2) is 22.5 Å². The van der Waals surface area contributed by atoms with Crippen LogP contribution < -0.4 is 5.32 Å². The molecule has 1 amide bonds. The number of carbonyl (C=O) groups is 1. The molecule has 1 fully saturated rings. The molecule has 1 aliphatic heterocycles. The third-order valence-electron chi connectivity index (χ3n) is 4.31. The average molecular weight is 394 g/mol. The van der Waals surface area contributed by atoms with Crippen molar-refractivity contribution in [1.82, 2.24) is 5.32 Å². The molecule has 3 aromatic carbocycles. The molecule has 4 rings (SSSR count). The molecule has 0 radical (unpaired) electrons. The van der Waals surface area contributed by atoms with Crippen molar-refractivity contribution in [1.29, 1.82) is 0 Å². The average Bonchev–Trinajstić information content (AvgIpc) is 3.03. The maximum absolute atomic E-state index is 12.2. The number of rotatable bonds is 4. The highest BCUT2D eigenvalue weighted by atomic mass is 35.5. The summed E-state index contributed by atoms with van der Waals surface area (Å²) in [5.74, 6) is -0.0703. The number of halogens is 1. The molecular weight excluding hydrogens is 378 g/mol. The van der Waals surface area contributed by atoms with Gasteiger partial charge in [0.1, 0.15) is 0 Å². The number of nitrogens with one attached hydrogen (secondary N) is 1. The summed E-state index contributed by atoms with van der Waals surface area (Å²) in [5.41, 5.74) is 1.94. The SMILES string of the molecule is O=C1N/C(=N\N=C\c2cccc3ccccc23)SC1Cc1ccccc1Cl. The maximum atomic E-state index is 12.2. The van der Waals surface area contributed by atoms with Crippen molar-refractivity contribution in [2.75, 3.05) is 0 Å². The Balaban J connectivity index is 1.48. The van der Waals surface area contributed by atoms with E-state index in [4.69, 9.17) is 11.6 Å². The van der Waals surface area contributed by atoms with Crippen LogP contribution in [0.4, 0.5) is 0 Å². The minimum absolute atomic E-state index is 0.0703. The third kappa shape index (κ3) is 4.04. The number of hydrogen-bond donors (Lipinski definition) is 1. The molecule has 27 heavy (non-hydrogen) atoms. The fourth-order valence-electron chi connectivity index (χ4n) is 2.96. The van der Waals surface area contributed by atoms with Gasteiger partial charge in [-0.2, -0.15) is 5.10 Å². The monoisotopic (exact) mass is 393 g/mol. The molecule has 1 unspecified atom stereocenters. The summed E-state index contributed by atoms with van der Waals surface area (Å²) < 4.78 is 0. The Kier molecular flexibility index (Phi) is 5.23. The van der Waals surface area contributed by atoms with Crippen molar-refractivity contribution in [3.05, 3.63) is 82.9 Å². The molecular formula is C21H16ClN3OS. The van der Waals surface area contributed by atoms with Crippen LogP contribution in [0.2, 0.25) is 5.02 Å².